The van der Waals surface area contributed by atoms with E-state index in [1.165, 1.54) is 23.3 Å². The molecule has 2 aliphatic rings. The summed E-state index contributed by atoms with van der Waals surface area (Å²) >= 11 is 3.40. The number of ether oxygens (including phenoxy) is 2. The Hall–Kier alpha value is -2.70. The van der Waals surface area contributed by atoms with Crippen LogP contribution in [0.5, 0.6) is 0 Å². The zero-order chi connectivity index (χ0) is 21.8. The molecule has 1 saturated heterocycles. The number of hydrogen-bond acceptors (Lipinski definition) is 9. The van der Waals surface area contributed by atoms with E-state index in [1.807, 2.05) is 0 Å². The number of rotatable bonds is 5. The summed E-state index contributed by atoms with van der Waals surface area (Å²) in [6.07, 6.45) is 1.29. The summed E-state index contributed by atoms with van der Waals surface area (Å²) in [5.74, 6) is -0.592. The molecule has 12 heteroatoms. The van der Waals surface area contributed by atoms with E-state index in [1.54, 1.807) is 13.0 Å². The van der Waals surface area contributed by atoms with Gasteiger partial charge in [-0.25, -0.2) is 14.2 Å². The number of carbonyl (C=O) groups is 1. The van der Waals surface area contributed by atoms with E-state index in [0.29, 0.717) is 47.0 Å². The molecule has 1 aromatic carbocycles. The minimum Gasteiger partial charge on any atom is -0.463 e. The molecule has 4 rings (SSSR count). The second-order valence-corrected chi connectivity index (χ2v) is 7.73. The Bertz CT molecular complexity index is 1010. The Morgan fingerprint density at radius 3 is 2.87 bits per heavy atom. The van der Waals surface area contributed by atoms with Crippen molar-refractivity contribution < 1.29 is 18.7 Å². The third-order valence-corrected chi connectivity index (χ3v) is 5.58. The van der Waals surface area contributed by atoms with Gasteiger partial charge in [0, 0.05) is 29.8 Å². The predicted molar refractivity (Wildman–Crippen MR) is 112 cm³/mol. The van der Waals surface area contributed by atoms with Gasteiger partial charge >= 0.3 is 5.97 Å². The standard InChI is InChI=1S/C19H21BrFN7O3/c1-2-31-18(29)16-15(10-27-5-7-30-8-6-27)24-19(28-23-11-22-26-28)25-17(16)13-4-3-12(21)9-14(13)20/h3-4,9,11,17H,2,5-8,10H2,1H3,(H,24,25). The average molecular weight is 494 g/mol. The lowest BCUT2D eigenvalue weighted by molar-refractivity contribution is -0.139. The number of esters is 1. The zero-order valence-corrected chi connectivity index (χ0v) is 18.4. The minimum atomic E-state index is -0.757. The topological polar surface area (TPSA) is 107 Å². The van der Waals surface area contributed by atoms with Crippen molar-refractivity contribution in [2.75, 3.05) is 39.5 Å². The number of aromatic nitrogens is 4. The van der Waals surface area contributed by atoms with Crippen molar-refractivity contribution in [1.82, 2.24) is 30.4 Å². The van der Waals surface area contributed by atoms with Crippen LogP contribution in [0.4, 0.5) is 4.39 Å². The Kier molecular flexibility index (Phi) is 6.68. The quantitative estimate of drug-likeness (QED) is 0.620. The number of carbonyl (C=O) groups excluding carboxylic acids is 1. The SMILES string of the molecule is CCOC(=O)C1=C(CN2CCOCC2)NC(n2ncnn2)=NC1c1ccc(F)cc1Br. The zero-order valence-electron chi connectivity index (χ0n) is 16.8. The van der Waals surface area contributed by atoms with Crippen LogP contribution in [-0.2, 0) is 14.3 Å². The van der Waals surface area contributed by atoms with Crippen LogP contribution in [0, 0.1) is 5.82 Å². The maximum Gasteiger partial charge on any atom is 0.338 e. The Morgan fingerprint density at radius 2 is 2.19 bits per heavy atom. The summed E-state index contributed by atoms with van der Waals surface area (Å²) in [4.78, 5) is 21.1. The van der Waals surface area contributed by atoms with Gasteiger partial charge in [-0.2, -0.15) is 0 Å². The second-order valence-electron chi connectivity index (χ2n) is 6.87. The number of aliphatic imine (C=N–C) groups is 1. The molecule has 1 aromatic heterocycles. The van der Waals surface area contributed by atoms with Crippen LogP contribution < -0.4 is 5.32 Å². The lowest BCUT2D eigenvalue weighted by atomic mass is 9.95. The molecule has 2 aliphatic heterocycles. The largest absolute Gasteiger partial charge is 0.463 e. The molecule has 31 heavy (non-hydrogen) atoms. The van der Waals surface area contributed by atoms with Crippen LogP contribution in [0.3, 0.4) is 0 Å². The van der Waals surface area contributed by atoms with Crippen molar-refractivity contribution in [2.24, 2.45) is 4.99 Å². The highest BCUT2D eigenvalue weighted by molar-refractivity contribution is 9.10. The van der Waals surface area contributed by atoms with E-state index in [9.17, 15) is 9.18 Å². The van der Waals surface area contributed by atoms with Crippen molar-refractivity contribution in [2.45, 2.75) is 13.0 Å². The lowest BCUT2D eigenvalue weighted by Crippen LogP contribution is -2.45. The van der Waals surface area contributed by atoms with E-state index in [0.717, 1.165) is 13.1 Å². The molecule has 1 unspecified atom stereocenters. The first kappa shape index (κ1) is 21.5. The number of nitrogens with one attached hydrogen (secondary N) is 1. The van der Waals surface area contributed by atoms with Crippen LogP contribution in [0.1, 0.15) is 18.5 Å². The molecule has 1 atom stereocenters. The van der Waals surface area contributed by atoms with Crippen molar-refractivity contribution in [3.05, 3.63) is 51.6 Å². The summed E-state index contributed by atoms with van der Waals surface area (Å²) in [7, 11) is 0. The van der Waals surface area contributed by atoms with E-state index in [4.69, 9.17) is 9.47 Å². The van der Waals surface area contributed by atoms with E-state index >= 15 is 0 Å². The fourth-order valence-electron chi connectivity index (χ4n) is 3.45. The first-order valence-electron chi connectivity index (χ1n) is 9.80. The lowest BCUT2D eigenvalue weighted by Gasteiger charge is -2.32. The monoisotopic (exact) mass is 493 g/mol. The first-order valence-corrected chi connectivity index (χ1v) is 10.6. The molecule has 0 spiro atoms. The molecule has 10 nitrogen and oxygen atoms in total. The maximum absolute atomic E-state index is 13.7. The van der Waals surface area contributed by atoms with Crippen LogP contribution >= 0.6 is 15.9 Å². The van der Waals surface area contributed by atoms with Gasteiger partial charge in [-0.3, -0.25) is 4.90 Å². The Balaban J connectivity index is 1.81. The van der Waals surface area contributed by atoms with Gasteiger partial charge in [-0.05, 0) is 29.8 Å². The van der Waals surface area contributed by atoms with Gasteiger partial charge < -0.3 is 14.8 Å². The molecular formula is C19H21BrFN7O3. The molecule has 0 radical (unpaired) electrons. The van der Waals surface area contributed by atoms with Gasteiger partial charge in [0.25, 0.3) is 0 Å². The number of morpholine rings is 1. The number of tetrazole rings is 1. The normalized spacial score (nSPS) is 19.7. The maximum atomic E-state index is 13.7. The average Bonchev–Trinajstić information content (AvgIpc) is 3.29. The predicted octanol–water partition coefficient (Wildman–Crippen LogP) is 1.27. The second kappa shape index (κ2) is 9.62. The summed E-state index contributed by atoms with van der Waals surface area (Å²) in [5, 5.41) is 14.9. The smallest absolute Gasteiger partial charge is 0.338 e. The number of benzene rings is 1. The van der Waals surface area contributed by atoms with Crippen LogP contribution in [0.15, 0.2) is 45.3 Å². The van der Waals surface area contributed by atoms with E-state index < -0.39 is 17.8 Å². The third kappa shape index (κ3) is 4.81. The minimum absolute atomic E-state index is 0.214. The molecule has 3 heterocycles. The van der Waals surface area contributed by atoms with Crippen molar-refractivity contribution in [3.63, 3.8) is 0 Å². The van der Waals surface area contributed by atoms with Gasteiger partial charge in [-0.15, -0.1) is 10.2 Å². The molecule has 0 bridgehead atoms. The molecule has 0 amide bonds. The van der Waals surface area contributed by atoms with Gasteiger partial charge in [0.05, 0.1) is 25.4 Å². The molecule has 2 aromatic rings. The Labute approximate surface area is 186 Å². The fourth-order valence-corrected chi connectivity index (χ4v) is 4.02. The van der Waals surface area contributed by atoms with Crippen molar-refractivity contribution in [3.8, 4) is 0 Å². The van der Waals surface area contributed by atoms with Crippen LogP contribution in [0.2, 0.25) is 0 Å². The van der Waals surface area contributed by atoms with E-state index in [2.05, 4.69) is 46.5 Å². The van der Waals surface area contributed by atoms with Crippen molar-refractivity contribution in [1.29, 1.82) is 0 Å². The highest BCUT2D eigenvalue weighted by Gasteiger charge is 2.34. The van der Waals surface area contributed by atoms with Gasteiger partial charge in [0.2, 0.25) is 5.96 Å². The van der Waals surface area contributed by atoms with E-state index in [-0.39, 0.29) is 6.61 Å². The van der Waals surface area contributed by atoms with Crippen molar-refractivity contribution >= 4 is 27.9 Å². The van der Waals surface area contributed by atoms with Crippen LogP contribution in [0.25, 0.3) is 0 Å². The molecule has 164 valence electrons. The number of nitrogens with zero attached hydrogens (tertiary/aromatic N) is 6. The molecule has 1 N–H and O–H groups in total. The fraction of sp³-hybridized carbons (Fsp3) is 0.421. The highest BCUT2D eigenvalue weighted by Crippen LogP contribution is 2.36. The summed E-state index contributed by atoms with van der Waals surface area (Å²) in [6.45, 7) is 5.07. The van der Waals surface area contributed by atoms with Gasteiger partial charge in [-0.1, -0.05) is 26.8 Å². The molecule has 0 aliphatic carbocycles. The Morgan fingerprint density at radius 1 is 1.39 bits per heavy atom. The molecule has 1 fully saturated rings. The molecular weight excluding hydrogens is 473 g/mol. The third-order valence-electron chi connectivity index (χ3n) is 4.89. The summed E-state index contributed by atoms with van der Waals surface area (Å²) in [5.41, 5.74) is 1.58. The molecule has 0 saturated carbocycles. The summed E-state index contributed by atoms with van der Waals surface area (Å²) < 4.78 is 25.0. The number of halogens is 2. The first-order chi connectivity index (χ1) is 15.1. The highest BCUT2D eigenvalue weighted by atomic mass is 79.9. The van der Waals surface area contributed by atoms with Gasteiger partial charge in [0.15, 0.2) is 6.33 Å². The number of hydrogen-bond donors (Lipinski definition) is 1. The summed E-state index contributed by atoms with van der Waals surface area (Å²) in [6, 6.07) is 3.50. The van der Waals surface area contributed by atoms with Gasteiger partial charge in [0.1, 0.15) is 11.9 Å². The van der Waals surface area contributed by atoms with Crippen LogP contribution in [-0.4, -0.2) is 76.5 Å².